The zero-order valence-corrected chi connectivity index (χ0v) is 19.8. The number of thiazole rings is 1. The topological polar surface area (TPSA) is 75.2 Å². The molecule has 3 heterocycles. The number of aromatic nitrogens is 2. The summed E-state index contributed by atoms with van der Waals surface area (Å²) >= 11 is 3.26. The maximum atomic E-state index is 13.4. The van der Waals surface area contributed by atoms with Gasteiger partial charge in [-0.3, -0.25) is 9.59 Å². The highest BCUT2D eigenvalue weighted by atomic mass is 32.2. The molecule has 1 saturated heterocycles. The van der Waals surface area contributed by atoms with Gasteiger partial charge < -0.3 is 10.2 Å². The van der Waals surface area contributed by atoms with E-state index in [9.17, 15) is 9.59 Å². The second-order valence-corrected chi connectivity index (χ2v) is 9.97. The minimum absolute atomic E-state index is 0.0197. The van der Waals surface area contributed by atoms with Crippen LogP contribution < -0.4 is 5.32 Å². The van der Waals surface area contributed by atoms with Gasteiger partial charge in [-0.2, -0.15) is 0 Å². The van der Waals surface area contributed by atoms with Gasteiger partial charge in [0, 0.05) is 34.8 Å². The predicted molar refractivity (Wildman–Crippen MR) is 129 cm³/mol. The molecule has 166 valence electrons. The van der Waals surface area contributed by atoms with Crippen LogP contribution >= 0.6 is 23.1 Å². The number of aryl methyl sites for hydroxylation is 2. The van der Waals surface area contributed by atoms with Crippen LogP contribution in [0.15, 0.2) is 52.7 Å². The third-order valence-corrected chi connectivity index (χ3v) is 7.31. The summed E-state index contributed by atoms with van der Waals surface area (Å²) in [5.41, 5.74) is 2.57. The van der Waals surface area contributed by atoms with Gasteiger partial charge in [0.15, 0.2) is 0 Å². The Balaban J connectivity index is 1.42. The summed E-state index contributed by atoms with van der Waals surface area (Å²) < 4.78 is 0. The molecule has 1 aromatic carbocycles. The van der Waals surface area contributed by atoms with E-state index in [0.29, 0.717) is 24.5 Å². The summed E-state index contributed by atoms with van der Waals surface area (Å²) in [6.07, 6.45) is 1.57. The van der Waals surface area contributed by atoms with Crippen molar-refractivity contribution in [2.24, 2.45) is 5.92 Å². The van der Waals surface area contributed by atoms with Gasteiger partial charge >= 0.3 is 0 Å². The lowest BCUT2D eigenvalue weighted by atomic mass is 9.96. The lowest BCUT2D eigenvalue weighted by Crippen LogP contribution is -2.44. The molecule has 0 saturated carbocycles. The number of nitrogens with one attached hydrogen (secondary N) is 1. The van der Waals surface area contributed by atoms with Crippen LogP contribution in [0.25, 0.3) is 0 Å². The first-order chi connectivity index (χ1) is 15.5. The molecule has 0 bridgehead atoms. The maximum absolute atomic E-state index is 13.4. The van der Waals surface area contributed by atoms with Crippen LogP contribution in [0.4, 0.5) is 5.82 Å². The molecule has 0 spiro atoms. The van der Waals surface area contributed by atoms with Gasteiger partial charge in [-0.05, 0) is 51.0 Å². The molecule has 4 rings (SSSR count). The van der Waals surface area contributed by atoms with Gasteiger partial charge in [0.1, 0.15) is 5.82 Å². The predicted octanol–water partition coefficient (Wildman–Crippen LogP) is 4.94. The average molecular weight is 467 g/mol. The number of pyridine rings is 1. The molecular weight excluding hydrogens is 440 g/mol. The summed E-state index contributed by atoms with van der Waals surface area (Å²) in [5.74, 6) is 0.935. The van der Waals surface area contributed by atoms with Crippen molar-refractivity contribution >= 4 is 40.7 Å². The number of piperidine rings is 1. The van der Waals surface area contributed by atoms with Gasteiger partial charge in [-0.1, -0.05) is 18.2 Å². The lowest BCUT2D eigenvalue weighted by molar-refractivity contribution is -0.121. The molecule has 8 heteroatoms. The van der Waals surface area contributed by atoms with Crippen molar-refractivity contribution in [1.29, 1.82) is 0 Å². The Morgan fingerprint density at radius 1 is 1.16 bits per heavy atom. The molecule has 1 aliphatic heterocycles. The number of likely N-dealkylation sites (tertiary alicyclic amines) is 1. The molecule has 2 aromatic heterocycles. The number of carbonyl (C=O) groups is 2. The van der Waals surface area contributed by atoms with Gasteiger partial charge in [0.05, 0.1) is 22.2 Å². The van der Waals surface area contributed by atoms with Gasteiger partial charge in [0.25, 0.3) is 5.91 Å². The normalized spacial score (nSPS) is 16.1. The molecule has 3 aromatic rings. The third-order valence-electron chi connectivity index (χ3n) is 5.38. The van der Waals surface area contributed by atoms with E-state index < -0.39 is 0 Å². The summed E-state index contributed by atoms with van der Waals surface area (Å²) in [7, 11) is 0. The van der Waals surface area contributed by atoms with Gasteiger partial charge in [-0.15, -0.1) is 23.1 Å². The first-order valence-corrected chi connectivity index (χ1v) is 12.5. The van der Waals surface area contributed by atoms with E-state index in [1.807, 2.05) is 55.1 Å². The van der Waals surface area contributed by atoms with E-state index >= 15 is 0 Å². The molecule has 0 radical (unpaired) electrons. The Morgan fingerprint density at radius 3 is 2.78 bits per heavy atom. The van der Waals surface area contributed by atoms with Crippen LogP contribution in [0, 0.1) is 19.8 Å². The Kier molecular flexibility index (Phi) is 7.22. The van der Waals surface area contributed by atoms with E-state index in [1.165, 1.54) is 0 Å². The molecule has 1 N–H and O–H groups in total. The molecule has 1 aliphatic rings. The highest BCUT2D eigenvalue weighted by molar-refractivity contribution is 7.98. The van der Waals surface area contributed by atoms with Crippen LogP contribution in [0.1, 0.15) is 39.6 Å². The highest BCUT2D eigenvalue weighted by Gasteiger charge is 2.30. The second kappa shape index (κ2) is 10.3. The van der Waals surface area contributed by atoms with Crippen LogP contribution in [0.3, 0.4) is 0 Å². The summed E-state index contributed by atoms with van der Waals surface area (Å²) in [6, 6.07) is 13.2. The van der Waals surface area contributed by atoms with Crippen molar-refractivity contribution in [2.75, 3.05) is 18.4 Å². The Bertz CT molecular complexity index is 1110. The minimum Gasteiger partial charge on any atom is -0.338 e. The van der Waals surface area contributed by atoms with E-state index in [2.05, 4.69) is 20.7 Å². The van der Waals surface area contributed by atoms with E-state index in [-0.39, 0.29) is 17.7 Å². The van der Waals surface area contributed by atoms with Crippen molar-refractivity contribution in [1.82, 2.24) is 14.9 Å². The maximum Gasteiger partial charge on any atom is 0.255 e. The molecule has 2 amide bonds. The SMILES string of the molecule is Cc1cccc(NC(=O)C2CCCN(C(=O)c3ccccc3SCc3csc(C)n3)C2)n1. The van der Waals surface area contributed by atoms with E-state index in [1.54, 1.807) is 29.2 Å². The minimum atomic E-state index is -0.243. The van der Waals surface area contributed by atoms with Crippen LogP contribution in [-0.4, -0.2) is 39.8 Å². The third kappa shape index (κ3) is 5.55. The number of carbonyl (C=O) groups excluding carboxylic acids is 2. The van der Waals surface area contributed by atoms with Crippen molar-refractivity contribution in [3.8, 4) is 0 Å². The Hall–Kier alpha value is -2.71. The lowest BCUT2D eigenvalue weighted by Gasteiger charge is -2.32. The first kappa shape index (κ1) is 22.5. The number of hydrogen-bond acceptors (Lipinski definition) is 6. The largest absolute Gasteiger partial charge is 0.338 e. The number of benzene rings is 1. The quantitative estimate of drug-likeness (QED) is 0.521. The zero-order valence-electron chi connectivity index (χ0n) is 18.2. The number of anilines is 1. The summed E-state index contributed by atoms with van der Waals surface area (Å²) in [5, 5.41) is 6.01. The van der Waals surface area contributed by atoms with E-state index in [4.69, 9.17) is 0 Å². The molecule has 1 atom stereocenters. The molecule has 1 fully saturated rings. The average Bonchev–Trinajstić information content (AvgIpc) is 3.22. The fourth-order valence-electron chi connectivity index (χ4n) is 3.78. The van der Waals surface area contributed by atoms with Crippen molar-refractivity contribution in [3.05, 3.63) is 69.8 Å². The van der Waals surface area contributed by atoms with Crippen LogP contribution in [0.2, 0.25) is 0 Å². The van der Waals surface area contributed by atoms with E-state index in [0.717, 1.165) is 39.9 Å². The standard InChI is InChI=1S/C24H26N4O2S2/c1-16-7-5-11-22(25-16)27-23(29)18-8-6-12-28(13-18)24(30)20-9-3-4-10-21(20)32-15-19-14-31-17(2)26-19/h3-5,7,9-11,14,18H,6,8,12-13,15H2,1-2H3,(H,25,27,29). The van der Waals surface area contributed by atoms with Gasteiger partial charge in [-0.25, -0.2) is 9.97 Å². The monoisotopic (exact) mass is 466 g/mol. The fourth-order valence-corrected chi connectivity index (χ4v) is 5.44. The molecule has 6 nitrogen and oxygen atoms in total. The molecule has 0 aliphatic carbocycles. The number of nitrogens with zero attached hydrogens (tertiary/aromatic N) is 3. The second-order valence-electron chi connectivity index (χ2n) is 7.89. The number of thioether (sulfide) groups is 1. The van der Waals surface area contributed by atoms with Crippen molar-refractivity contribution in [2.45, 2.75) is 37.3 Å². The number of amides is 2. The van der Waals surface area contributed by atoms with Crippen LogP contribution in [-0.2, 0) is 10.5 Å². The number of rotatable bonds is 6. The Labute approximate surface area is 196 Å². The smallest absolute Gasteiger partial charge is 0.255 e. The summed E-state index contributed by atoms with van der Waals surface area (Å²) in [6.45, 7) is 4.96. The van der Waals surface area contributed by atoms with Crippen LogP contribution in [0.5, 0.6) is 0 Å². The summed E-state index contributed by atoms with van der Waals surface area (Å²) in [4.78, 5) is 37.8. The highest BCUT2D eigenvalue weighted by Crippen LogP contribution is 2.29. The molecule has 1 unspecified atom stereocenters. The molecular formula is C24H26N4O2S2. The van der Waals surface area contributed by atoms with Gasteiger partial charge in [0.2, 0.25) is 5.91 Å². The van der Waals surface area contributed by atoms with Crippen molar-refractivity contribution < 1.29 is 9.59 Å². The Morgan fingerprint density at radius 2 is 2.00 bits per heavy atom. The zero-order chi connectivity index (χ0) is 22.5. The number of hydrogen-bond donors (Lipinski definition) is 1. The fraction of sp³-hybridized carbons (Fsp3) is 0.333. The first-order valence-electron chi connectivity index (χ1n) is 10.7. The molecule has 32 heavy (non-hydrogen) atoms. The van der Waals surface area contributed by atoms with Crippen molar-refractivity contribution in [3.63, 3.8) is 0 Å².